The summed E-state index contributed by atoms with van der Waals surface area (Å²) < 4.78 is 12.9. The molecule has 0 radical (unpaired) electrons. The average Bonchev–Trinajstić information content (AvgIpc) is 2.19. The van der Waals surface area contributed by atoms with Crippen LogP contribution in [0.1, 0.15) is 12.8 Å². The third kappa shape index (κ3) is 1.92. The number of halogens is 1. The SMILES string of the molecule is Nc1nccc(N2CCC(F)CC2)n1. The van der Waals surface area contributed by atoms with Crippen molar-refractivity contribution in [2.24, 2.45) is 0 Å². The molecule has 2 N–H and O–H groups in total. The minimum Gasteiger partial charge on any atom is -0.368 e. The van der Waals surface area contributed by atoms with Gasteiger partial charge in [0.15, 0.2) is 0 Å². The molecule has 76 valence electrons. The Kier molecular flexibility index (Phi) is 2.47. The maximum atomic E-state index is 12.9. The third-order valence-corrected chi connectivity index (χ3v) is 2.41. The van der Waals surface area contributed by atoms with Gasteiger partial charge >= 0.3 is 0 Å². The minimum atomic E-state index is -0.662. The van der Waals surface area contributed by atoms with Crippen molar-refractivity contribution < 1.29 is 4.39 Å². The number of nitrogen functional groups attached to an aromatic ring is 1. The normalized spacial score (nSPS) is 18.5. The van der Waals surface area contributed by atoms with Crippen LogP contribution in [0.5, 0.6) is 0 Å². The molecule has 0 atom stereocenters. The van der Waals surface area contributed by atoms with Gasteiger partial charge in [-0.3, -0.25) is 0 Å². The Morgan fingerprint density at radius 3 is 2.79 bits per heavy atom. The number of nitrogens with zero attached hydrogens (tertiary/aromatic N) is 3. The summed E-state index contributed by atoms with van der Waals surface area (Å²) in [5, 5.41) is 0. The quantitative estimate of drug-likeness (QED) is 0.728. The molecule has 0 aliphatic carbocycles. The van der Waals surface area contributed by atoms with Crippen molar-refractivity contribution in [2.75, 3.05) is 23.7 Å². The van der Waals surface area contributed by atoms with Crippen molar-refractivity contribution in [3.8, 4) is 0 Å². The molecule has 2 heterocycles. The first-order valence-corrected chi connectivity index (χ1v) is 4.73. The standard InChI is InChI=1S/C9H13FN4/c10-7-2-5-14(6-3-7)8-1-4-12-9(11)13-8/h1,4,7H,2-3,5-6H2,(H2,11,12,13). The summed E-state index contributed by atoms with van der Waals surface area (Å²) in [7, 11) is 0. The lowest BCUT2D eigenvalue weighted by atomic mass is 10.1. The maximum Gasteiger partial charge on any atom is 0.221 e. The summed E-state index contributed by atoms with van der Waals surface area (Å²) in [5.41, 5.74) is 5.47. The van der Waals surface area contributed by atoms with Crippen LogP contribution >= 0.6 is 0 Å². The first-order chi connectivity index (χ1) is 6.75. The maximum absolute atomic E-state index is 12.9. The van der Waals surface area contributed by atoms with E-state index in [-0.39, 0.29) is 5.95 Å². The zero-order chi connectivity index (χ0) is 9.97. The molecule has 0 bridgehead atoms. The highest BCUT2D eigenvalue weighted by atomic mass is 19.1. The molecule has 1 fully saturated rings. The Bertz CT molecular complexity index is 309. The fraction of sp³-hybridized carbons (Fsp3) is 0.556. The molecule has 1 aromatic heterocycles. The monoisotopic (exact) mass is 196 g/mol. The molecule has 1 aliphatic rings. The first-order valence-electron chi connectivity index (χ1n) is 4.73. The summed E-state index contributed by atoms with van der Waals surface area (Å²) >= 11 is 0. The molecule has 0 unspecified atom stereocenters. The van der Waals surface area contributed by atoms with E-state index in [2.05, 4.69) is 9.97 Å². The lowest BCUT2D eigenvalue weighted by Crippen LogP contribution is -2.35. The molecule has 1 aromatic rings. The van der Waals surface area contributed by atoms with Crippen LogP contribution < -0.4 is 10.6 Å². The molecule has 0 saturated carbocycles. The van der Waals surface area contributed by atoms with Crippen LogP contribution in [0.25, 0.3) is 0 Å². The van der Waals surface area contributed by atoms with E-state index in [0.29, 0.717) is 25.9 Å². The Balaban J connectivity index is 2.08. The van der Waals surface area contributed by atoms with E-state index in [0.717, 1.165) is 5.82 Å². The van der Waals surface area contributed by atoms with Crippen molar-refractivity contribution in [2.45, 2.75) is 19.0 Å². The fourth-order valence-electron chi connectivity index (χ4n) is 1.62. The van der Waals surface area contributed by atoms with Gasteiger partial charge in [0.05, 0.1) is 0 Å². The molecule has 4 nitrogen and oxygen atoms in total. The van der Waals surface area contributed by atoms with E-state index in [1.54, 1.807) is 12.3 Å². The predicted octanol–water partition coefficient (Wildman–Crippen LogP) is 0.997. The van der Waals surface area contributed by atoms with Crippen LogP contribution in [0.15, 0.2) is 12.3 Å². The lowest BCUT2D eigenvalue weighted by Gasteiger charge is -2.29. The van der Waals surface area contributed by atoms with Crippen LogP contribution in [0.4, 0.5) is 16.2 Å². The number of nitrogens with two attached hydrogens (primary N) is 1. The molecule has 1 aliphatic heterocycles. The number of hydrogen-bond donors (Lipinski definition) is 1. The Morgan fingerprint density at radius 1 is 1.43 bits per heavy atom. The number of aromatic nitrogens is 2. The van der Waals surface area contributed by atoms with E-state index < -0.39 is 6.17 Å². The summed E-state index contributed by atoms with van der Waals surface area (Å²) in [6.07, 6.45) is 2.11. The van der Waals surface area contributed by atoms with Gasteiger partial charge < -0.3 is 10.6 Å². The van der Waals surface area contributed by atoms with Crippen LogP contribution in [0.3, 0.4) is 0 Å². The summed E-state index contributed by atoms with van der Waals surface area (Å²) in [6, 6.07) is 1.80. The topological polar surface area (TPSA) is 55.0 Å². The van der Waals surface area contributed by atoms with Crippen LogP contribution in [0.2, 0.25) is 0 Å². The first kappa shape index (κ1) is 9.18. The highest BCUT2D eigenvalue weighted by Crippen LogP contribution is 2.19. The van der Waals surface area contributed by atoms with Crippen LogP contribution in [-0.2, 0) is 0 Å². The second-order valence-electron chi connectivity index (χ2n) is 3.43. The largest absolute Gasteiger partial charge is 0.368 e. The second kappa shape index (κ2) is 3.77. The van der Waals surface area contributed by atoms with E-state index >= 15 is 0 Å². The lowest BCUT2D eigenvalue weighted by molar-refractivity contribution is 0.277. The van der Waals surface area contributed by atoms with Gasteiger partial charge in [-0.15, -0.1) is 0 Å². The fourth-order valence-corrected chi connectivity index (χ4v) is 1.62. The number of alkyl halides is 1. The number of rotatable bonds is 1. The van der Waals surface area contributed by atoms with Crippen molar-refractivity contribution in [1.82, 2.24) is 9.97 Å². The Labute approximate surface area is 82.0 Å². The zero-order valence-corrected chi connectivity index (χ0v) is 7.86. The molecule has 0 spiro atoms. The molecular formula is C9H13FN4. The highest BCUT2D eigenvalue weighted by molar-refractivity contribution is 5.41. The Hall–Kier alpha value is -1.39. The third-order valence-electron chi connectivity index (χ3n) is 2.41. The van der Waals surface area contributed by atoms with E-state index in [9.17, 15) is 4.39 Å². The molecule has 1 saturated heterocycles. The molecule has 2 rings (SSSR count). The summed E-state index contributed by atoms with van der Waals surface area (Å²) in [5.74, 6) is 1.06. The van der Waals surface area contributed by atoms with Crippen LogP contribution in [0, 0.1) is 0 Å². The van der Waals surface area contributed by atoms with Crippen LogP contribution in [-0.4, -0.2) is 29.2 Å². The number of anilines is 2. The van der Waals surface area contributed by atoms with Gasteiger partial charge in [-0.1, -0.05) is 0 Å². The molecule has 0 amide bonds. The van der Waals surface area contributed by atoms with Gasteiger partial charge in [-0.05, 0) is 18.9 Å². The number of piperidine rings is 1. The smallest absolute Gasteiger partial charge is 0.221 e. The van der Waals surface area contributed by atoms with Crippen molar-refractivity contribution in [1.29, 1.82) is 0 Å². The second-order valence-corrected chi connectivity index (χ2v) is 3.43. The van der Waals surface area contributed by atoms with Crippen molar-refractivity contribution in [3.05, 3.63) is 12.3 Å². The van der Waals surface area contributed by atoms with Gasteiger partial charge in [-0.2, -0.15) is 4.98 Å². The summed E-state index contributed by atoms with van der Waals surface area (Å²) in [4.78, 5) is 9.94. The molecule has 0 aromatic carbocycles. The van der Waals surface area contributed by atoms with Crippen molar-refractivity contribution in [3.63, 3.8) is 0 Å². The Morgan fingerprint density at radius 2 is 2.14 bits per heavy atom. The highest BCUT2D eigenvalue weighted by Gasteiger charge is 2.19. The van der Waals surface area contributed by atoms with E-state index in [1.807, 2.05) is 4.90 Å². The average molecular weight is 196 g/mol. The van der Waals surface area contributed by atoms with Gasteiger partial charge in [0.1, 0.15) is 12.0 Å². The van der Waals surface area contributed by atoms with Gasteiger partial charge in [-0.25, -0.2) is 9.37 Å². The van der Waals surface area contributed by atoms with Gasteiger partial charge in [0, 0.05) is 19.3 Å². The number of hydrogen-bond acceptors (Lipinski definition) is 4. The van der Waals surface area contributed by atoms with E-state index in [4.69, 9.17) is 5.73 Å². The minimum absolute atomic E-state index is 0.268. The van der Waals surface area contributed by atoms with E-state index in [1.165, 1.54) is 0 Å². The van der Waals surface area contributed by atoms with Gasteiger partial charge in [0.25, 0.3) is 0 Å². The molecule has 5 heteroatoms. The summed E-state index contributed by atoms with van der Waals surface area (Å²) in [6.45, 7) is 1.41. The molecule has 14 heavy (non-hydrogen) atoms. The van der Waals surface area contributed by atoms with Crippen molar-refractivity contribution >= 4 is 11.8 Å². The predicted molar refractivity (Wildman–Crippen MR) is 52.8 cm³/mol. The molecular weight excluding hydrogens is 183 g/mol. The zero-order valence-electron chi connectivity index (χ0n) is 7.86. The van der Waals surface area contributed by atoms with Gasteiger partial charge in [0.2, 0.25) is 5.95 Å².